The quantitative estimate of drug-likeness (QED) is 0.708. The van der Waals surface area contributed by atoms with Gasteiger partial charge in [0.15, 0.2) is 0 Å². The van der Waals surface area contributed by atoms with Crippen LogP contribution < -0.4 is 5.32 Å². The van der Waals surface area contributed by atoms with Gasteiger partial charge in [0.05, 0.1) is 0 Å². The van der Waals surface area contributed by atoms with Crippen LogP contribution in [0.15, 0.2) is 18.2 Å². The van der Waals surface area contributed by atoms with Gasteiger partial charge in [-0.15, -0.1) is 0 Å². The SMILES string of the molecule is Cc1ccc(O)c(C(C)NCCCOCC2CC2)c1. The topological polar surface area (TPSA) is 41.5 Å². The van der Waals surface area contributed by atoms with Crippen LogP contribution in [0.4, 0.5) is 0 Å². The molecule has 1 saturated carbocycles. The second-order valence-electron chi connectivity index (χ2n) is 5.61. The summed E-state index contributed by atoms with van der Waals surface area (Å²) in [6.45, 7) is 6.81. The Labute approximate surface area is 116 Å². The van der Waals surface area contributed by atoms with E-state index in [4.69, 9.17) is 4.74 Å². The molecule has 0 radical (unpaired) electrons. The largest absolute Gasteiger partial charge is 0.508 e. The Bertz CT molecular complexity index is 402. The van der Waals surface area contributed by atoms with Gasteiger partial charge in [-0.05, 0) is 51.6 Å². The van der Waals surface area contributed by atoms with E-state index in [-0.39, 0.29) is 6.04 Å². The van der Waals surface area contributed by atoms with Gasteiger partial charge in [0.2, 0.25) is 0 Å². The van der Waals surface area contributed by atoms with Crippen molar-refractivity contribution in [1.82, 2.24) is 5.32 Å². The molecule has 1 aliphatic rings. The molecule has 0 saturated heterocycles. The molecule has 19 heavy (non-hydrogen) atoms. The molecule has 0 spiro atoms. The maximum absolute atomic E-state index is 9.85. The first-order valence-corrected chi connectivity index (χ1v) is 7.27. The number of benzene rings is 1. The number of hydrogen-bond donors (Lipinski definition) is 2. The smallest absolute Gasteiger partial charge is 0.120 e. The molecule has 1 atom stereocenters. The average Bonchev–Trinajstić information content (AvgIpc) is 3.20. The Morgan fingerprint density at radius 1 is 1.42 bits per heavy atom. The number of nitrogens with one attached hydrogen (secondary N) is 1. The van der Waals surface area contributed by atoms with Gasteiger partial charge in [-0.2, -0.15) is 0 Å². The maximum Gasteiger partial charge on any atom is 0.120 e. The minimum Gasteiger partial charge on any atom is -0.508 e. The molecule has 3 heteroatoms. The van der Waals surface area contributed by atoms with Crippen molar-refractivity contribution in [3.63, 3.8) is 0 Å². The van der Waals surface area contributed by atoms with Crippen LogP contribution in [0.1, 0.15) is 43.4 Å². The minimum atomic E-state index is 0.170. The molecule has 2 N–H and O–H groups in total. The molecule has 3 nitrogen and oxygen atoms in total. The highest BCUT2D eigenvalue weighted by molar-refractivity contribution is 5.37. The highest BCUT2D eigenvalue weighted by atomic mass is 16.5. The number of rotatable bonds is 8. The highest BCUT2D eigenvalue weighted by Gasteiger charge is 2.20. The molecule has 0 bridgehead atoms. The van der Waals surface area contributed by atoms with Gasteiger partial charge in [0.25, 0.3) is 0 Å². The van der Waals surface area contributed by atoms with Gasteiger partial charge in [-0.3, -0.25) is 0 Å². The predicted molar refractivity (Wildman–Crippen MR) is 77.4 cm³/mol. The van der Waals surface area contributed by atoms with E-state index in [0.29, 0.717) is 5.75 Å². The first kappa shape index (κ1) is 14.4. The Balaban J connectivity index is 1.65. The third kappa shape index (κ3) is 4.84. The second kappa shape index (κ2) is 6.92. The molecular weight excluding hydrogens is 238 g/mol. The van der Waals surface area contributed by atoms with Crippen LogP contribution in [-0.2, 0) is 4.74 Å². The summed E-state index contributed by atoms with van der Waals surface area (Å²) >= 11 is 0. The summed E-state index contributed by atoms with van der Waals surface area (Å²) in [5.74, 6) is 1.21. The molecule has 1 aromatic carbocycles. The summed E-state index contributed by atoms with van der Waals surface area (Å²) in [5.41, 5.74) is 2.15. The van der Waals surface area contributed by atoms with Gasteiger partial charge >= 0.3 is 0 Å². The Hall–Kier alpha value is -1.06. The van der Waals surface area contributed by atoms with Crippen molar-refractivity contribution in [3.05, 3.63) is 29.3 Å². The lowest BCUT2D eigenvalue weighted by Gasteiger charge is -2.16. The van der Waals surface area contributed by atoms with E-state index in [0.717, 1.165) is 37.7 Å². The maximum atomic E-state index is 9.85. The molecule has 0 aliphatic heterocycles. The van der Waals surface area contributed by atoms with Crippen LogP contribution in [0.25, 0.3) is 0 Å². The fourth-order valence-electron chi connectivity index (χ4n) is 2.16. The summed E-state index contributed by atoms with van der Waals surface area (Å²) in [5, 5.41) is 13.3. The summed E-state index contributed by atoms with van der Waals surface area (Å²) in [6, 6.07) is 5.90. The molecule has 1 unspecified atom stereocenters. The van der Waals surface area contributed by atoms with E-state index >= 15 is 0 Å². The van der Waals surface area contributed by atoms with Crippen molar-refractivity contribution in [2.75, 3.05) is 19.8 Å². The lowest BCUT2D eigenvalue weighted by molar-refractivity contribution is 0.121. The summed E-state index contributed by atoms with van der Waals surface area (Å²) < 4.78 is 5.60. The summed E-state index contributed by atoms with van der Waals surface area (Å²) in [4.78, 5) is 0. The van der Waals surface area contributed by atoms with Crippen LogP contribution in [0.2, 0.25) is 0 Å². The Kier molecular flexibility index (Phi) is 5.23. The van der Waals surface area contributed by atoms with E-state index in [1.54, 1.807) is 6.07 Å². The molecule has 1 fully saturated rings. The molecule has 0 heterocycles. The van der Waals surface area contributed by atoms with Crippen LogP contribution in [0, 0.1) is 12.8 Å². The molecular formula is C16H25NO2. The van der Waals surface area contributed by atoms with E-state index in [1.165, 1.54) is 18.4 Å². The van der Waals surface area contributed by atoms with E-state index in [1.807, 2.05) is 19.1 Å². The number of phenols is 1. The lowest BCUT2D eigenvalue weighted by Crippen LogP contribution is -2.21. The number of aromatic hydroxyl groups is 1. The first-order valence-electron chi connectivity index (χ1n) is 7.27. The highest BCUT2D eigenvalue weighted by Crippen LogP contribution is 2.28. The number of aryl methyl sites for hydroxylation is 1. The Morgan fingerprint density at radius 2 is 2.21 bits per heavy atom. The second-order valence-corrected chi connectivity index (χ2v) is 5.61. The van der Waals surface area contributed by atoms with Gasteiger partial charge < -0.3 is 15.2 Å². The fraction of sp³-hybridized carbons (Fsp3) is 0.625. The summed E-state index contributed by atoms with van der Waals surface area (Å²) in [6.07, 6.45) is 3.72. The zero-order chi connectivity index (χ0) is 13.7. The predicted octanol–water partition coefficient (Wildman–Crippen LogP) is 3.17. The van der Waals surface area contributed by atoms with Crippen LogP contribution >= 0.6 is 0 Å². The molecule has 0 amide bonds. The molecule has 1 aromatic rings. The number of hydrogen-bond acceptors (Lipinski definition) is 3. The molecule has 0 aromatic heterocycles. The van der Waals surface area contributed by atoms with Crippen molar-refractivity contribution in [1.29, 1.82) is 0 Å². The molecule has 1 aliphatic carbocycles. The van der Waals surface area contributed by atoms with Crippen molar-refractivity contribution in [2.24, 2.45) is 5.92 Å². The minimum absolute atomic E-state index is 0.170. The fourth-order valence-corrected chi connectivity index (χ4v) is 2.16. The third-order valence-corrected chi connectivity index (χ3v) is 3.62. The zero-order valence-electron chi connectivity index (χ0n) is 12.0. The third-order valence-electron chi connectivity index (χ3n) is 3.62. The van der Waals surface area contributed by atoms with Gasteiger partial charge in [0, 0.05) is 24.8 Å². The van der Waals surface area contributed by atoms with Gasteiger partial charge in [-0.25, -0.2) is 0 Å². The van der Waals surface area contributed by atoms with Crippen LogP contribution in [0.5, 0.6) is 5.75 Å². The summed E-state index contributed by atoms with van der Waals surface area (Å²) in [7, 11) is 0. The monoisotopic (exact) mass is 263 g/mol. The standard InChI is InChI=1S/C16H25NO2/c1-12-4-7-16(18)15(10-12)13(2)17-8-3-9-19-11-14-5-6-14/h4,7,10,13-14,17-18H,3,5-6,8-9,11H2,1-2H3. The van der Waals surface area contributed by atoms with Gasteiger partial charge in [0.1, 0.15) is 5.75 Å². The van der Waals surface area contributed by atoms with E-state index in [2.05, 4.69) is 12.2 Å². The van der Waals surface area contributed by atoms with E-state index in [9.17, 15) is 5.11 Å². The van der Waals surface area contributed by atoms with Gasteiger partial charge in [-0.1, -0.05) is 17.7 Å². The van der Waals surface area contributed by atoms with Crippen molar-refractivity contribution in [2.45, 2.75) is 39.2 Å². The van der Waals surface area contributed by atoms with Crippen molar-refractivity contribution in [3.8, 4) is 5.75 Å². The van der Waals surface area contributed by atoms with Crippen LogP contribution in [-0.4, -0.2) is 24.9 Å². The number of ether oxygens (including phenoxy) is 1. The normalized spacial score (nSPS) is 16.5. The zero-order valence-corrected chi connectivity index (χ0v) is 12.0. The average molecular weight is 263 g/mol. The molecule has 106 valence electrons. The van der Waals surface area contributed by atoms with Crippen molar-refractivity contribution >= 4 is 0 Å². The lowest BCUT2D eigenvalue weighted by atomic mass is 10.0. The molecule has 2 rings (SSSR count). The van der Waals surface area contributed by atoms with Crippen molar-refractivity contribution < 1.29 is 9.84 Å². The first-order chi connectivity index (χ1) is 9.16. The number of phenolic OH excluding ortho intramolecular Hbond substituents is 1. The Morgan fingerprint density at radius 3 is 2.95 bits per heavy atom. The van der Waals surface area contributed by atoms with Crippen LogP contribution in [0.3, 0.4) is 0 Å². The van der Waals surface area contributed by atoms with E-state index < -0.39 is 0 Å².